The Kier molecular flexibility index (Phi) is 6.45. The molecule has 0 atom stereocenters. The van der Waals surface area contributed by atoms with Crippen molar-refractivity contribution in [3.63, 3.8) is 0 Å². The maximum Gasteiger partial charge on any atom is 0.754 e. The van der Waals surface area contributed by atoms with Crippen LogP contribution >= 0.6 is 0 Å². The number of carbonyl (C=O) groups excluding carboxylic acids is 3. The average molecular weight is 348 g/mol. The van der Waals surface area contributed by atoms with Gasteiger partial charge in [0.25, 0.3) is 0 Å². The summed E-state index contributed by atoms with van der Waals surface area (Å²) in [6, 6.07) is 0. The van der Waals surface area contributed by atoms with Gasteiger partial charge in [0.1, 0.15) is 19.6 Å². The molecule has 3 rings (SSSR count). The number of rotatable bonds is 2. The summed E-state index contributed by atoms with van der Waals surface area (Å²) in [5.74, 6) is -3.89. The lowest BCUT2D eigenvalue weighted by Crippen LogP contribution is -2.44. The van der Waals surface area contributed by atoms with Gasteiger partial charge in [-0.1, -0.05) is 0 Å². The normalized spacial score (nSPS) is 22.2. The number of carbonyl (C=O) groups is 4. The van der Waals surface area contributed by atoms with Crippen LogP contribution in [0.15, 0.2) is 0 Å². The van der Waals surface area contributed by atoms with Gasteiger partial charge in [0.2, 0.25) is 0 Å². The predicted octanol–water partition coefficient (Wildman–Crippen LogP) is -2.89. The molecule has 0 amide bonds. The molecule has 0 aliphatic carbocycles. The van der Waals surface area contributed by atoms with Crippen molar-refractivity contribution in [2.75, 3.05) is 39.3 Å². The summed E-state index contributed by atoms with van der Waals surface area (Å²) < 4.78 is 0. The molecule has 14 heteroatoms. The van der Waals surface area contributed by atoms with Gasteiger partial charge in [-0.2, -0.15) is 14.4 Å². The van der Waals surface area contributed by atoms with E-state index in [0.717, 1.165) is 0 Å². The van der Waals surface area contributed by atoms with Crippen LogP contribution < -0.4 is 0 Å². The molecule has 3 heterocycles. The van der Waals surface area contributed by atoms with E-state index in [1.165, 1.54) is 9.80 Å². The lowest BCUT2D eigenvalue weighted by atomic mass is 10.3. The molecule has 2 bridgehead atoms. The van der Waals surface area contributed by atoms with E-state index < -0.39 is 44.3 Å². The number of carboxylic acid groups (broad SMARTS) is 1. The van der Waals surface area contributed by atoms with Gasteiger partial charge in [-0.15, -0.1) is 0 Å². The SMILES string of the molecule is O=C(O)CN1CCN2CC(=O)OOB(OOC(=O)C1)OOC(=O)C2. The first kappa shape index (κ1) is 18.1. The third-order valence-electron chi connectivity index (χ3n) is 2.81. The molecule has 13 nitrogen and oxygen atoms in total. The largest absolute Gasteiger partial charge is 0.754 e. The minimum Gasteiger partial charge on any atom is -0.480 e. The Hall–Kier alpha value is -2.26. The third kappa shape index (κ3) is 6.09. The maximum atomic E-state index is 11.6. The van der Waals surface area contributed by atoms with Crippen LogP contribution in [0, 0.1) is 0 Å². The van der Waals surface area contributed by atoms with Gasteiger partial charge in [-0.05, 0) is 0 Å². The second-order valence-corrected chi connectivity index (χ2v) is 4.76. The van der Waals surface area contributed by atoms with Crippen LogP contribution in [0.25, 0.3) is 0 Å². The van der Waals surface area contributed by atoms with Crippen molar-refractivity contribution in [1.82, 2.24) is 9.80 Å². The third-order valence-corrected chi connectivity index (χ3v) is 2.81. The zero-order valence-electron chi connectivity index (χ0n) is 12.2. The molecule has 24 heavy (non-hydrogen) atoms. The van der Waals surface area contributed by atoms with Crippen molar-refractivity contribution < 1.29 is 53.4 Å². The van der Waals surface area contributed by atoms with Gasteiger partial charge in [-0.25, -0.2) is 14.4 Å². The lowest BCUT2D eigenvalue weighted by Gasteiger charge is -2.24. The van der Waals surface area contributed by atoms with E-state index in [4.69, 9.17) is 5.11 Å². The molecule has 0 aromatic heterocycles. The summed E-state index contributed by atoms with van der Waals surface area (Å²) in [6.07, 6.45) is 0. The highest BCUT2D eigenvalue weighted by Gasteiger charge is 2.35. The highest BCUT2D eigenvalue weighted by molar-refractivity contribution is 6.35. The molecule has 3 aliphatic rings. The summed E-state index contributed by atoms with van der Waals surface area (Å²) in [4.78, 5) is 74.5. The molecule has 0 radical (unpaired) electrons. The van der Waals surface area contributed by atoms with E-state index in [2.05, 4.69) is 29.1 Å². The highest BCUT2D eigenvalue weighted by atomic mass is 17.3. The Morgan fingerprint density at radius 2 is 1.42 bits per heavy atom. The van der Waals surface area contributed by atoms with E-state index in [1.807, 2.05) is 0 Å². The van der Waals surface area contributed by atoms with Gasteiger partial charge >= 0.3 is 31.2 Å². The van der Waals surface area contributed by atoms with Gasteiger partial charge in [0, 0.05) is 13.1 Å². The molecule has 0 saturated carbocycles. The number of hydrogen-bond acceptors (Lipinski definition) is 12. The number of aliphatic carboxylic acids is 1. The van der Waals surface area contributed by atoms with Crippen molar-refractivity contribution in [3.05, 3.63) is 0 Å². The van der Waals surface area contributed by atoms with Crippen LogP contribution in [0.5, 0.6) is 0 Å². The zero-order valence-corrected chi connectivity index (χ0v) is 12.2. The molecule has 3 saturated heterocycles. The first-order chi connectivity index (χ1) is 11.4. The van der Waals surface area contributed by atoms with Gasteiger partial charge in [-0.3, -0.25) is 14.6 Å². The lowest BCUT2D eigenvalue weighted by molar-refractivity contribution is -0.318. The number of fused-ring (bicyclic) bond motifs is 12. The van der Waals surface area contributed by atoms with Crippen LogP contribution in [0.4, 0.5) is 0 Å². The van der Waals surface area contributed by atoms with E-state index in [-0.39, 0.29) is 26.2 Å². The van der Waals surface area contributed by atoms with Crippen molar-refractivity contribution in [1.29, 1.82) is 0 Å². The Bertz CT molecular complexity index is 493. The van der Waals surface area contributed by atoms with E-state index in [9.17, 15) is 19.2 Å². The first-order valence-corrected chi connectivity index (χ1v) is 6.67. The zero-order chi connectivity index (χ0) is 17.5. The fraction of sp³-hybridized carbons (Fsp3) is 0.600. The fourth-order valence-corrected chi connectivity index (χ4v) is 1.86. The van der Waals surface area contributed by atoms with Gasteiger partial charge in [0.05, 0.1) is 6.54 Å². The Morgan fingerprint density at radius 1 is 0.917 bits per heavy atom. The minimum absolute atomic E-state index is 0.0348. The smallest absolute Gasteiger partial charge is 0.480 e. The highest BCUT2D eigenvalue weighted by Crippen LogP contribution is 2.05. The molecular weight excluding hydrogens is 335 g/mol. The van der Waals surface area contributed by atoms with E-state index in [0.29, 0.717) is 0 Å². The molecule has 0 spiro atoms. The summed E-state index contributed by atoms with van der Waals surface area (Å²) in [5.41, 5.74) is 0. The molecule has 0 unspecified atom stereocenters. The molecule has 3 fully saturated rings. The predicted molar refractivity (Wildman–Crippen MR) is 67.8 cm³/mol. The van der Waals surface area contributed by atoms with Crippen LogP contribution in [-0.2, 0) is 48.3 Å². The quantitative estimate of drug-likeness (QED) is 0.402. The topological polar surface area (TPSA) is 150 Å². The Morgan fingerprint density at radius 3 is 1.92 bits per heavy atom. The molecule has 3 aliphatic heterocycles. The van der Waals surface area contributed by atoms with Crippen molar-refractivity contribution >= 4 is 31.2 Å². The standard InChI is InChI=1S/C10H13BN2O11/c14-7(15)3-12-1-2-13-5-9(17)20-23-11(22-19-8(16)4-12)24-21-10(18)6-13/h1-6H2,(H,14,15). The second-order valence-electron chi connectivity index (χ2n) is 4.76. The Balaban J connectivity index is 2.17. The molecular formula is C10H13BN2O11. The van der Waals surface area contributed by atoms with Gasteiger partial charge in [0.15, 0.2) is 0 Å². The summed E-state index contributed by atoms with van der Waals surface area (Å²) in [5, 5.41) is 8.86. The van der Waals surface area contributed by atoms with Crippen molar-refractivity contribution in [2.24, 2.45) is 0 Å². The monoisotopic (exact) mass is 348 g/mol. The van der Waals surface area contributed by atoms with Crippen molar-refractivity contribution in [2.45, 2.75) is 0 Å². The van der Waals surface area contributed by atoms with Crippen molar-refractivity contribution in [3.8, 4) is 0 Å². The average Bonchev–Trinajstić information content (AvgIpc) is 2.51. The van der Waals surface area contributed by atoms with Crippen LogP contribution in [-0.4, -0.2) is 85.4 Å². The fourth-order valence-electron chi connectivity index (χ4n) is 1.86. The minimum atomic E-state index is -1.96. The summed E-state index contributed by atoms with van der Waals surface area (Å²) in [6.45, 7) is -1.50. The molecule has 0 aromatic carbocycles. The number of carboxylic acids is 1. The second kappa shape index (κ2) is 8.56. The van der Waals surface area contributed by atoms with Crippen LogP contribution in [0.3, 0.4) is 0 Å². The van der Waals surface area contributed by atoms with Crippen LogP contribution in [0.2, 0.25) is 0 Å². The maximum absolute atomic E-state index is 11.6. The first-order valence-electron chi connectivity index (χ1n) is 6.67. The molecule has 132 valence electrons. The summed E-state index contributed by atoms with van der Waals surface area (Å²) >= 11 is 0. The number of hydrogen-bond donors (Lipinski definition) is 1. The number of nitrogens with zero attached hydrogens (tertiary/aromatic N) is 2. The van der Waals surface area contributed by atoms with Gasteiger partial charge < -0.3 is 19.8 Å². The van der Waals surface area contributed by atoms with E-state index >= 15 is 0 Å². The van der Waals surface area contributed by atoms with Crippen LogP contribution in [0.1, 0.15) is 0 Å². The molecule has 0 aromatic rings. The van der Waals surface area contributed by atoms with E-state index in [1.54, 1.807) is 0 Å². The molecule has 1 N–H and O–H groups in total. The Labute approximate surface area is 134 Å². The summed E-state index contributed by atoms with van der Waals surface area (Å²) in [7, 11) is -1.96.